The topological polar surface area (TPSA) is 25.2 Å². The highest BCUT2D eigenvalue weighted by Crippen LogP contribution is 2.21. The average Bonchev–Trinajstić information content (AvgIpc) is 2.62. The summed E-state index contributed by atoms with van der Waals surface area (Å²) in [5.74, 6) is -2.41. The van der Waals surface area contributed by atoms with Gasteiger partial charge in [-0.15, -0.1) is 0 Å². The summed E-state index contributed by atoms with van der Waals surface area (Å²) in [5.41, 5.74) is -0.376. The second kappa shape index (κ2) is 4.83. The van der Waals surface area contributed by atoms with Gasteiger partial charge in [0.1, 0.15) is 17.3 Å². The molecule has 0 atom stereocenters. The summed E-state index contributed by atoms with van der Waals surface area (Å²) in [6.45, 7) is 0.102. The van der Waals surface area contributed by atoms with Gasteiger partial charge in [-0.1, -0.05) is 0 Å². The first-order chi connectivity index (χ1) is 8.06. The van der Waals surface area contributed by atoms with E-state index in [0.29, 0.717) is 22.6 Å². The maximum absolute atomic E-state index is 13.2. The predicted molar refractivity (Wildman–Crippen MR) is 60.1 cm³/mol. The number of hydrogen-bond donors (Lipinski definition) is 1. The fourth-order valence-electron chi connectivity index (χ4n) is 1.33. The Bertz CT molecular complexity index is 518. The van der Waals surface area contributed by atoms with Gasteiger partial charge in [-0.3, -0.25) is 0 Å². The first-order valence-electron chi connectivity index (χ1n) is 4.69. The summed E-state index contributed by atoms with van der Waals surface area (Å²) in [4.78, 5) is 0. The van der Waals surface area contributed by atoms with Crippen molar-refractivity contribution in [1.29, 1.82) is 0 Å². The third kappa shape index (κ3) is 2.82. The molecule has 0 radical (unpaired) electrons. The largest absolute Gasteiger partial charge is 0.452 e. The van der Waals surface area contributed by atoms with Crippen LogP contribution in [0.25, 0.3) is 0 Å². The standard InChI is InChI=1S/C11H7BrF3NO/c12-10-2-1-7(17-10)5-16-11-8(14)3-6(13)4-9(11)15/h1-4,16H,5H2. The Labute approximate surface area is 104 Å². The van der Waals surface area contributed by atoms with E-state index < -0.39 is 17.5 Å². The zero-order chi connectivity index (χ0) is 12.4. The number of rotatable bonds is 3. The van der Waals surface area contributed by atoms with E-state index in [0.717, 1.165) is 0 Å². The summed E-state index contributed by atoms with van der Waals surface area (Å²) >= 11 is 3.10. The molecule has 0 unspecified atom stereocenters. The second-order valence-electron chi connectivity index (χ2n) is 3.30. The first-order valence-corrected chi connectivity index (χ1v) is 5.48. The smallest absolute Gasteiger partial charge is 0.169 e. The minimum Gasteiger partial charge on any atom is -0.452 e. The van der Waals surface area contributed by atoms with Gasteiger partial charge >= 0.3 is 0 Å². The first kappa shape index (κ1) is 12.0. The SMILES string of the molecule is Fc1cc(F)c(NCc2ccc(Br)o2)c(F)c1. The van der Waals surface area contributed by atoms with Crippen LogP contribution in [0, 0.1) is 17.5 Å². The molecule has 2 aromatic rings. The molecule has 0 fully saturated rings. The van der Waals surface area contributed by atoms with Crippen molar-refractivity contribution in [3.05, 3.63) is 52.1 Å². The minimum atomic E-state index is -0.979. The Kier molecular flexibility index (Phi) is 3.42. The molecule has 1 aromatic heterocycles. The van der Waals surface area contributed by atoms with Crippen molar-refractivity contribution < 1.29 is 17.6 Å². The van der Waals surface area contributed by atoms with Gasteiger partial charge in [-0.2, -0.15) is 0 Å². The molecule has 17 heavy (non-hydrogen) atoms. The van der Waals surface area contributed by atoms with E-state index in [-0.39, 0.29) is 12.2 Å². The molecule has 0 spiro atoms. The van der Waals surface area contributed by atoms with Crippen molar-refractivity contribution in [1.82, 2.24) is 0 Å². The summed E-state index contributed by atoms with van der Waals surface area (Å²) in [6, 6.07) is 4.54. The van der Waals surface area contributed by atoms with E-state index in [1.165, 1.54) is 0 Å². The van der Waals surface area contributed by atoms with Gasteiger partial charge < -0.3 is 9.73 Å². The van der Waals surface area contributed by atoms with Gasteiger partial charge in [0, 0.05) is 12.1 Å². The van der Waals surface area contributed by atoms with Gasteiger partial charge in [-0.25, -0.2) is 13.2 Å². The highest BCUT2D eigenvalue weighted by Gasteiger charge is 2.11. The number of benzene rings is 1. The van der Waals surface area contributed by atoms with Crippen LogP contribution in [0.4, 0.5) is 18.9 Å². The molecule has 0 aliphatic rings. The van der Waals surface area contributed by atoms with Crippen LogP contribution < -0.4 is 5.32 Å². The van der Waals surface area contributed by atoms with Crippen molar-refractivity contribution in [3.8, 4) is 0 Å². The number of furan rings is 1. The minimum absolute atomic E-state index is 0.102. The lowest BCUT2D eigenvalue weighted by Crippen LogP contribution is -2.03. The van der Waals surface area contributed by atoms with E-state index in [1.807, 2.05) is 0 Å². The Morgan fingerprint density at radius 2 is 1.76 bits per heavy atom. The maximum Gasteiger partial charge on any atom is 0.169 e. The van der Waals surface area contributed by atoms with Crippen molar-refractivity contribution in [2.24, 2.45) is 0 Å². The lowest BCUT2D eigenvalue weighted by molar-refractivity contribution is 0.493. The van der Waals surface area contributed by atoms with E-state index in [9.17, 15) is 13.2 Å². The second-order valence-corrected chi connectivity index (χ2v) is 4.09. The maximum atomic E-state index is 13.2. The molecule has 0 amide bonds. The van der Waals surface area contributed by atoms with Gasteiger partial charge in [0.25, 0.3) is 0 Å². The van der Waals surface area contributed by atoms with Crippen LogP contribution in [-0.2, 0) is 6.54 Å². The highest BCUT2D eigenvalue weighted by atomic mass is 79.9. The summed E-state index contributed by atoms with van der Waals surface area (Å²) in [5, 5.41) is 2.51. The van der Waals surface area contributed by atoms with Crippen molar-refractivity contribution in [2.45, 2.75) is 6.54 Å². The normalized spacial score (nSPS) is 10.6. The van der Waals surface area contributed by atoms with Gasteiger partial charge in [0.05, 0.1) is 6.54 Å². The van der Waals surface area contributed by atoms with Gasteiger partial charge in [-0.05, 0) is 28.1 Å². The molecule has 0 saturated carbocycles. The Hall–Kier alpha value is -1.43. The molecular weight excluding hydrogens is 299 g/mol. The lowest BCUT2D eigenvalue weighted by Gasteiger charge is -2.07. The average molecular weight is 306 g/mol. The molecule has 1 N–H and O–H groups in total. The molecule has 2 rings (SSSR count). The third-order valence-electron chi connectivity index (χ3n) is 2.08. The summed E-state index contributed by atoms with van der Waals surface area (Å²) in [6.07, 6.45) is 0. The van der Waals surface area contributed by atoms with Crippen LogP contribution in [0.3, 0.4) is 0 Å². The molecule has 0 bridgehead atoms. The summed E-state index contributed by atoms with van der Waals surface area (Å²) in [7, 11) is 0. The van der Waals surface area contributed by atoms with E-state index >= 15 is 0 Å². The molecule has 6 heteroatoms. The van der Waals surface area contributed by atoms with Crippen LogP contribution in [0.1, 0.15) is 5.76 Å². The van der Waals surface area contributed by atoms with E-state index in [1.54, 1.807) is 12.1 Å². The van der Waals surface area contributed by atoms with Crippen LogP contribution in [0.15, 0.2) is 33.4 Å². The quantitative estimate of drug-likeness (QED) is 0.924. The Morgan fingerprint density at radius 1 is 1.12 bits per heavy atom. The molecule has 90 valence electrons. The third-order valence-corrected chi connectivity index (χ3v) is 2.50. The van der Waals surface area contributed by atoms with Crippen LogP contribution in [0.5, 0.6) is 0 Å². The molecule has 1 heterocycles. The number of anilines is 1. The van der Waals surface area contributed by atoms with Crippen LogP contribution in [0.2, 0.25) is 0 Å². The highest BCUT2D eigenvalue weighted by molar-refractivity contribution is 9.10. The fourth-order valence-corrected chi connectivity index (χ4v) is 1.67. The summed E-state index contributed by atoms with van der Waals surface area (Å²) < 4.78 is 44.8. The van der Waals surface area contributed by atoms with Gasteiger partial charge in [0.15, 0.2) is 16.3 Å². The van der Waals surface area contributed by atoms with Crippen LogP contribution in [-0.4, -0.2) is 0 Å². The number of hydrogen-bond acceptors (Lipinski definition) is 2. The zero-order valence-electron chi connectivity index (χ0n) is 8.44. The lowest BCUT2D eigenvalue weighted by atomic mass is 10.2. The number of halogens is 4. The fraction of sp³-hybridized carbons (Fsp3) is 0.0909. The molecule has 0 saturated heterocycles. The van der Waals surface area contributed by atoms with Crippen molar-refractivity contribution >= 4 is 21.6 Å². The molecule has 1 aromatic carbocycles. The molecular formula is C11H7BrF3NO. The Morgan fingerprint density at radius 3 is 2.29 bits per heavy atom. The molecule has 0 aliphatic heterocycles. The monoisotopic (exact) mass is 305 g/mol. The number of nitrogens with one attached hydrogen (secondary N) is 1. The van der Waals surface area contributed by atoms with E-state index in [2.05, 4.69) is 21.2 Å². The van der Waals surface area contributed by atoms with E-state index in [4.69, 9.17) is 4.42 Å². The van der Waals surface area contributed by atoms with Crippen molar-refractivity contribution in [3.63, 3.8) is 0 Å². The van der Waals surface area contributed by atoms with Gasteiger partial charge in [0.2, 0.25) is 0 Å². The van der Waals surface area contributed by atoms with Crippen LogP contribution >= 0.6 is 15.9 Å². The Balaban J connectivity index is 2.14. The van der Waals surface area contributed by atoms with Crippen molar-refractivity contribution in [2.75, 3.05) is 5.32 Å². The predicted octanol–water partition coefficient (Wildman–Crippen LogP) is 4.07. The molecule has 0 aliphatic carbocycles. The molecule has 2 nitrogen and oxygen atoms in total. The zero-order valence-corrected chi connectivity index (χ0v) is 10.0.